The number of benzene rings is 1. The first-order chi connectivity index (χ1) is 15.9. The second kappa shape index (κ2) is 10.8. The van der Waals surface area contributed by atoms with Gasteiger partial charge < -0.3 is 23.8 Å². The van der Waals surface area contributed by atoms with E-state index >= 15 is 0 Å². The number of carbonyl (C=O) groups excluding carboxylic acids is 1. The summed E-state index contributed by atoms with van der Waals surface area (Å²) in [6, 6.07) is 6.68. The number of ether oxygens (including phenoxy) is 4. The summed E-state index contributed by atoms with van der Waals surface area (Å²) in [6.45, 7) is 0. The van der Waals surface area contributed by atoms with Crippen LogP contribution in [0.1, 0.15) is 36.4 Å². The maximum absolute atomic E-state index is 12.9. The van der Waals surface area contributed by atoms with Gasteiger partial charge in [0.1, 0.15) is 0 Å². The molecule has 0 radical (unpaired) electrons. The van der Waals surface area contributed by atoms with Gasteiger partial charge in [0.15, 0.2) is 17.2 Å². The van der Waals surface area contributed by atoms with Crippen LogP contribution in [-0.4, -0.2) is 52.2 Å². The molecule has 1 amide bonds. The quantitative estimate of drug-likeness (QED) is 0.532. The number of rotatable bonds is 8. The highest BCUT2D eigenvalue weighted by Gasteiger charge is 2.32. The van der Waals surface area contributed by atoms with Gasteiger partial charge in [0.05, 0.1) is 34.5 Å². The van der Waals surface area contributed by atoms with Crippen molar-refractivity contribution in [3.63, 3.8) is 0 Å². The molecule has 8 heteroatoms. The van der Waals surface area contributed by atoms with Gasteiger partial charge in [-0.3, -0.25) is 9.59 Å². The lowest BCUT2D eigenvalue weighted by Crippen LogP contribution is -2.31. The van der Waals surface area contributed by atoms with Gasteiger partial charge in [0.25, 0.3) is 0 Å². The predicted molar refractivity (Wildman–Crippen MR) is 128 cm³/mol. The molecule has 2 aromatic rings. The Balaban J connectivity index is 2.33. The van der Waals surface area contributed by atoms with E-state index in [1.807, 2.05) is 12.1 Å². The van der Waals surface area contributed by atoms with Crippen LogP contribution in [0.3, 0.4) is 0 Å². The van der Waals surface area contributed by atoms with Crippen LogP contribution in [0.15, 0.2) is 29.1 Å². The largest absolute Gasteiger partial charge is 0.493 e. The summed E-state index contributed by atoms with van der Waals surface area (Å²) in [5.41, 5.74) is 3.05. The molecule has 0 bridgehead atoms. The number of nitrogens with zero attached hydrogens (tertiary/aromatic N) is 1. The summed E-state index contributed by atoms with van der Waals surface area (Å²) in [5.74, 6) is 2.16. The van der Waals surface area contributed by atoms with Crippen molar-refractivity contribution in [2.75, 3.05) is 41.4 Å². The molecule has 0 heterocycles. The standard InChI is InChI=1S/C25H30ClNO6/c1-27(22(29)7-6-12-26)18-10-8-15-13-21(31-3)24(32-4)25(33-5)23(15)16-9-11-20(30-2)19(28)14-17(16)18/h9,11,13-14,18H,6-8,10,12H2,1-5H3/t18-/m0/s1. The number of carbonyl (C=O) groups is 1. The van der Waals surface area contributed by atoms with Crippen LogP contribution in [0.5, 0.6) is 23.0 Å². The Kier molecular flexibility index (Phi) is 8.08. The van der Waals surface area contributed by atoms with Crippen LogP contribution in [-0.2, 0) is 11.2 Å². The number of fused-ring (bicyclic) bond motifs is 3. The molecule has 0 aliphatic heterocycles. The number of hydrogen-bond donors (Lipinski definition) is 0. The number of halogens is 1. The molecular weight excluding hydrogens is 446 g/mol. The maximum atomic E-state index is 12.9. The summed E-state index contributed by atoms with van der Waals surface area (Å²) in [4.78, 5) is 27.5. The van der Waals surface area contributed by atoms with Crippen molar-refractivity contribution >= 4 is 17.5 Å². The second-order valence-corrected chi connectivity index (χ2v) is 8.19. The minimum Gasteiger partial charge on any atom is -0.493 e. The normalized spacial score (nSPS) is 14.4. The first-order valence-electron chi connectivity index (χ1n) is 10.8. The van der Waals surface area contributed by atoms with Crippen LogP contribution < -0.4 is 24.4 Å². The van der Waals surface area contributed by atoms with Crippen molar-refractivity contribution < 1.29 is 23.7 Å². The molecule has 1 atom stereocenters. The van der Waals surface area contributed by atoms with E-state index in [0.29, 0.717) is 48.8 Å². The summed E-state index contributed by atoms with van der Waals surface area (Å²) in [5, 5.41) is 0. The van der Waals surface area contributed by atoms with Crippen molar-refractivity contribution in [2.24, 2.45) is 0 Å². The topological polar surface area (TPSA) is 74.3 Å². The van der Waals surface area contributed by atoms with Crippen molar-refractivity contribution in [1.29, 1.82) is 0 Å². The zero-order valence-electron chi connectivity index (χ0n) is 19.7. The van der Waals surface area contributed by atoms with E-state index in [1.165, 1.54) is 7.11 Å². The van der Waals surface area contributed by atoms with E-state index in [9.17, 15) is 9.59 Å². The number of hydrogen-bond acceptors (Lipinski definition) is 6. The molecule has 1 aliphatic carbocycles. The summed E-state index contributed by atoms with van der Waals surface area (Å²) >= 11 is 5.80. The second-order valence-electron chi connectivity index (χ2n) is 7.81. The average Bonchev–Trinajstić information content (AvgIpc) is 3.08. The zero-order valence-corrected chi connectivity index (χ0v) is 20.5. The summed E-state index contributed by atoms with van der Waals surface area (Å²) in [7, 11) is 7.94. The van der Waals surface area contributed by atoms with Gasteiger partial charge in [-0.2, -0.15) is 0 Å². The molecule has 0 unspecified atom stereocenters. The first-order valence-corrected chi connectivity index (χ1v) is 11.3. The molecule has 1 aliphatic rings. The fourth-order valence-corrected chi connectivity index (χ4v) is 4.55. The molecule has 0 aromatic heterocycles. The minimum atomic E-state index is -0.318. The highest BCUT2D eigenvalue weighted by molar-refractivity contribution is 6.17. The third-order valence-corrected chi connectivity index (χ3v) is 6.34. The lowest BCUT2D eigenvalue weighted by atomic mass is 9.95. The van der Waals surface area contributed by atoms with Crippen molar-refractivity contribution in [2.45, 2.75) is 31.7 Å². The molecule has 0 spiro atoms. The number of alkyl halides is 1. The van der Waals surface area contributed by atoms with E-state index in [4.69, 9.17) is 30.5 Å². The van der Waals surface area contributed by atoms with Gasteiger partial charge in [0, 0.05) is 24.9 Å². The van der Waals surface area contributed by atoms with Gasteiger partial charge in [-0.05, 0) is 54.2 Å². The lowest BCUT2D eigenvalue weighted by molar-refractivity contribution is -0.132. The van der Waals surface area contributed by atoms with E-state index < -0.39 is 0 Å². The number of amides is 1. The molecule has 3 rings (SSSR count). The molecule has 33 heavy (non-hydrogen) atoms. The third kappa shape index (κ3) is 4.74. The summed E-state index contributed by atoms with van der Waals surface area (Å²) in [6.07, 6.45) is 2.20. The highest BCUT2D eigenvalue weighted by atomic mass is 35.5. The first kappa shape index (κ1) is 24.7. The zero-order chi connectivity index (χ0) is 24.1. The Morgan fingerprint density at radius 3 is 2.33 bits per heavy atom. The lowest BCUT2D eigenvalue weighted by Gasteiger charge is -2.28. The average molecular weight is 476 g/mol. The Bertz CT molecular complexity index is 1090. The molecule has 0 N–H and O–H groups in total. The highest BCUT2D eigenvalue weighted by Crippen LogP contribution is 2.50. The predicted octanol–water partition coefficient (Wildman–Crippen LogP) is 4.21. The maximum Gasteiger partial charge on any atom is 0.222 e. The molecule has 2 aromatic carbocycles. The van der Waals surface area contributed by atoms with Gasteiger partial charge in [-0.1, -0.05) is 6.07 Å². The van der Waals surface area contributed by atoms with Crippen LogP contribution >= 0.6 is 11.6 Å². The van der Waals surface area contributed by atoms with E-state index in [0.717, 1.165) is 22.3 Å². The van der Waals surface area contributed by atoms with E-state index in [-0.39, 0.29) is 23.1 Å². The van der Waals surface area contributed by atoms with Crippen LogP contribution in [0.4, 0.5) is 0 Å². The van der Waals surface area contributed by atoms with E-state index in [1.54, 1.807) is 45.4 Å². The van der Waals surface area contributed by atoms with E-state index in [2.05, 4.69) is 0 Å². The van der Waals surface area contributed by atoms with Gasteiger partial charge in [-0.25, -0.2) is 0 Å². The Morgan fingerprint density at radius 2 is 1.73 bits per heavy atom. The molecule has 0 saturated heterocycles. The fourth-order valence-electron chi connectivity index (χ4n) is 4.42. The Morgan fingerprint density at radius 1 is 1.03 bits per heavy atom. The SMILES string of the molecule is COc1cc2c(c(OC)c1OC)-c1ccc(OC)c(=O)cc1[C@@H](N(C)C(=O)CCCCl)CC2. The Hall–Kier alpha value is -2.93. The smallest absolute Gasteiger partial charge is 0.222 e. The molecule has 0 saturated carbocycles. The molecule has 178 valence electrons. The van der Waals surface area contributed by atoms with Crippen LogP contribution in [0, 0.1) is 0 Å². The van der Waals surface area contributed by atoms with Crippen molar-refractivity contribution in [3.05, 3.63) is 45.6 Å². The third-order valence-electron chi connectivity index (χ3n) is 6.07. The number of methoxy groups -OCH3 is 4. The summed E-state index contributed by atoms with van der Waals surface area (Å²) < 4.78 is 22.3. The monoisotopic (exact) mass is 475 g/mol. The Labute approximate surface area is 199 Å². The molecular formula is C25H30ClNO6. The van der Waals surface area contributed by atoms with Gasteiger partial charge in [-0.15, -0.1) is 11.6 Å². The van der Waals surface area contributed by atoms with Crippen LogP contribution in [0.25, 0.3) is 11.1 Å². The van der Waals surface area contributed by atoms with Crippen molar-refractivity contribution in [1.82, 2.24) is 4.90 Å². The van der Waals surface area contributed by atoms with Crippen molar-refractivity contribution in [3.8, 4) is 34.1 Å². The molecule has 0 fully saturated rings. The molecule has 7 nitrogen and oxygen atoms in total. The van der Waals surface area contributed by atoms with Crippen LogP contribution in [0.2, 0.25) is 0 Å². The number of aryl methyl sites for hydroxylation is 1. The van der Waals surface area contributed by atoms with Gasteiger partial charge >= 0.3 is 0 Å². The minimum absolute atomic E-state index is 0.0226. The fraction of sp³-hybridized carbons (Fsp3) is 0.440. The van der Waals surface area contributed by atoms with Gasteiger partial charge in [0.2, 0.25) is 17.1 Å².